The van der Waals surface area contributed by atoms with Crippen LogP contribution in [0, 0.1) is 5.92 Å². The Morgan fingerprint density at radius 2 is 2.10 bits per heavy atom. The summed E-state index contributed by atoms with van der Waals surface area (Å²) in [6, 6.07) is 0. The number of carbonyl (C=O) groups is 1. The molecule has 0 bridgehead atoms. The van der Waals surface area contributed by atoms with Gasteiger partial charge in [-0.05, 0) is 13.8 Å². The average Bonchev–Trinajstić information content (AvgIpc) is 1.87. The SMILES string of the molecule is C/C=C/[C@@H](O)[C@H](C)C(C)=O. The smallest absolute Gasteiger partial charge is 0.135 e. The number of hydrogen-bond donors (Lipinski definition) is 1. The van der Waals surface area contributed by atoms with Crippen LogP contribution in [0.25, 0.3) is 0 Å². The molecule has 58 valence electrons. The van der Waals surface area contributed by atoms with Gasteiger partial charge in [0, 0.05) is 5.92 Å². The Bertz CT molecular complexity index is 138. The minimum Gasteiger partial charge on any atom is -0.388 e. The second-order valence-corrected chi connectivity index (χ2v) is 2.42. The van der Waals surface area contributed by atoms with Gasteiger partial charge in [0.15, 0.2) is 0 Å². The van der Waals surface area contributed by atoms with E-state index < -0.39 is 6.10 Å². The topological polar surface area (TPSA) is 37.3 Å². The molecular weight excluding hydrogens is 128 g/mol. The summed E-state index contributed by atoms with van der Waals surface area (Å²) in [6.07, 6.45) is 2.73. The van der Waals surface area contributed by atoms with Gasteiger partial charge in [-0.25, -0.2) is 0 Å². The third-order valence-corrected chi connectivity index (χ3v) is 1.54. The molecule has 0 aromatic carbocycles. The molecule has 1 N–H and O–H groups in total. The molecule has 0 spiro atoms. The number of carbonyl (C=O) groups excluding carboxylic acids is 1. The highest BCUT2D eigenvalue weighted by Crippen LogP contribution is 2.04. The van der Waals surface area contributed by atoms with Crippen LogP contribution in [0.2, 0.25) is 0 Å². The van der Waals surface area contributed by atoms with Crippen LogP contribution in [0.5, 0.6) is 0 Å². The highest BCUT2D eigenvalue weighted by molar-refractivity contribution is 5.78. The van der Waals surface area contributed by atoms with Crippen molar-refractivity contribution >= 4 is 5.78 Å². The number of aliphatic hydroxyl groups is 1. The number of rotatable bonds is 3. The summed E-state index contributed by atoms with van der Waals surface area (Å²) in [5, 5.41) is 9.18. The predicted octanol–water partition coefficient (Wildman–Crippen LogP) is 1.15. The molecule has 10 heavy (non-hydrogen) atoms. The van der Waals surface area contributed by atoms with Gasteiger partial charge in [-0.3, -0.25) is 4.79 Å². The first-order valence-electron chi connectivity index (χ1n) is 3.41. The molecule has 2 heteroatoms. The van der Waals surface area contributed by atoms with Crippen molar-refractivity contribution in [2.24, 2.45) is 5.92 Å². The van der Waals surface area contributed by atoms with Gasteiger partial charge in [0.05, 0.1) is 6.10 Å². The van der Waals surface area contributed by atoms with E-state index >= 15 is 0 Å². The van der Waals surface area contributed by atoms with E-state index in [1.807, 2.05) is 6.92 Å². The second kappa shape index (κ2) is 4.23. The van der Waals surface area contributed by atoms with Crippen molar-refractivity contribution in [3.63, 3.8) is 0 Å². The lowest BCUT2D eigenvalue weighted by atomic mass is 10.0. The van der Waals surface area contributed by atoms with Crippen LogP contribution in [0.4, 0.5) is 0 Å². The molecule has 0 saturated carbocycles. The van der Waals surface area contributed by atoms with E-state index in [1.54, 1.807) is 19.1 Å². The fourth-order valence-corrected chi connectivity index (χ4v) is 0.604. The standard InChI is InChI=1S/C8H14O2/c1-4-5-8(10)6(2)7(3)9/h4-6,8,10H,1-3H3/b5-4+/t6-,8-/m1/s1. The zero-order valence-electron chi connectivity index (χ0n) is 6.66. The van der Waals surface area contributed by atoms with E-state index in [4.69, 9.17) is 0 Å². The Kier molecular flexibility index (Phi) is 3.96. The molecule has 0 heterocycles. The van der Waals surface area contributed by atoms with E-state index in [0.717, 1.165) is 0 Å². The van der Waals surface area contributed by atoms with Gasteiger partial charge in [-0.1, -0.05) is 19.1 Å². The van der Waals surface area contributed by atoms with Gasteiger partial charge >= 0.3 is 0 Å². The Morgan fingerprint density at radius 3 is 2.40 bits per heavy atom. The van der Waals surface area contributed by atoms with Crippen LogP contribution >= 0.6 is 0 Å². The molecule has 0 unspecified atom stereocenters. The van der Waals surface area contributed by atoms with Crippen LogP contribution in [0.3, 0.4) is 0 Å². The maximum Gasteiger partial charge on any atom is 0.135 e. The first kappa shape index (κ1) is 9.37. The maximum atomic E-state index is 10.7. The highest BCUT2D eigenvalue weighted by atomic mass is 16.3. The van der Waals surface area contributed by atoms with Crippen molar-refractivity contribution in [1.82, 2.24) is 0 Å². The number of allylic oxidation sites excluding steroid dienone is 1. The maximum absolute atomic E-state index is 10.7. The van der Waals surface area contributed by atoms with Gasteiger partial charge in [0.2, 0.25) is 0 Å². The number of ketones is 1. The molecule has 0 saturated heterocycles. The zero-order valence-corrected chi connectivity index (χ0v) is 6.66. The summed E-state index contributed by atoms with van der Waals surface area (Å²) < 4.78 is 0. The molecular formula is C8H14O2. The van der Waals surface area contributed by atoms with E-state index in [0.29, 0.717) is 0 Å². The fraction of sp³-hybridized carbons (Fsp3) is 0.625. The van der Waals surface area contributed by atoms with Crippen molar-refractivity contribution in [3.05, 3.63) is 12.2 Å². The zero-order chi connectivity index (χ0) is 8.15. The van der Waals surface area contributed by atoms with E-state index in [2.05, 4.69) is 0 Å². The lowest BCUT2D eigenvalue weighted by molar-refractivity contribution is -0.122. The largest absolute Gasteiger partial charge is 0.388 e. The van der Waals surface area contributed by atoms with E-state index in [1.165, 1.54) is 6.92 Å². The molecule has 0 amide bonds. The third kappa shape index (κ3) is 2.78. The number of Topliss-reactive ketones (excluding diaryl/α,β-unsaturated/α-hetero) is 1. The van der Waals surface area contributed by atoms with Gasteiger partial charge in [0.25, 0.3) is 0 Å². The van der Waals surface area contributed by atoms with Crippen molar-refractivity contribution in [1.29, 1.82) is 0 Å². The summed E-state index contributed by atoms with van der Waals surface area (Å²) in [6.45, 7) is 5.01. The van der Waals surface area contributed by atoms with Crippen LogP contribution in [-0.4, -0.2) is 17.0 Å². The Balaban J connectivity index is 3.93. The minimum absolute atomic E-state index is 0.0191. The van der Waals surface area contributed by atoms with E-state index in [9.17, 15) is 9.90 Å². The molecule has 0 aromatic rings. The first-order chi connectivity index (χ1) is 4.59. The van der Waals surface area contributed by atoms with Crippen LogP contribution in [0.1, 0.15) is 20.8 Å². The predicted molar refractivity (Wildman–Crippen MR) is 40.7 cm³/mol. The lowest BCUT2D eigenvalue weighted by Crippen LogP contribution is -2.21. The summed E-state index contributed by atoms with van der Waals surface area (Å²) in [4.78, 5) is 10.7. The molecule has 0 aromatic heterocycles. The van der Waals surface area contributed by atoms with Gasteiger partial charge in [-0.15, -0.1) is 0 Å². The summed E-state index contributed by atoms with van der Waals surface area (Å²) >= 11 is 0. The van der Waals surface area contributed by atoms with Crippen LogP contribution in [-0.2, 0) is 4.79 Å². The van der Waals surface area contributed by atoms with Crippen molar-refractivity contribution in [3.8, 4) is 0 Å². The Labute approximate surface area is 61.6 Å². The van der Waals surface area contributed by atoms with E-state index in [-0.39, 0.29) is 11.7 Å². The molecule has 0 radical (unpaired) electrons. The average molecular weight is 142 g/mol. The monoisotopic (exact) mass is 142 g/mol. The molecule has 2 nitrogen and oxygen atoms in total. The van der Waals surface area contributed by atoms with Crippen molar-refractivity contribution in [2.75, 3.05) is 0 Å². The molecule has 2 atom stereocenters. The summed E-state index contributed by atoms with van der Waals surface area (Å²) in [7, 11) is 0. The first-order valence-corrected chi connectivity index (χ1v) is 3.41. The number of hydrogen-bond acceptors (Lipinski definition) is 2. The quantitative estimate of drug-likeness (QED) is 0.600. The normalized spacial score (nSPS) is 17.2. The molecule has 0 rings (SSSR count). The lowest BCUT2D eigenvalue weighted by Gasteiger charge is -2.10. The molecule has 0 aliphatic heterocycles. The van der Waals surface area contributed by atoms with Crippen molar-refractivity contribution in [2.45, 2.75) is 26.9 Å². The van der Waals surface area contributed by atoms with Crippen LogP contribution < -0.4 is 0 Å². The second-order valence-electron chi connectivity index (χ2n) is 2.42. The van der Waals surface area contributed by atoms with Gasteiger partial charge in [-0.2, -0.15) is 0 Å². The van der Waals surface area contributed by atoms with Gasteiger partial charge in [0.1, 0.15) is 5.78 Å². The summed E-state index contributed by atoms with van der Waals surface area (Å²) in [5.41, 5.74) is 0. The van der Waals surface area contributed by atoms with Crippen LogP contribution in [0.15, 0.2) is 12.2 Å². The minimum atomic E-state index is -0.623. The summed E-state index contributed by atoms with van der Waals surface area (Å²) in [5.74, 6) is -0.262. The number of aliphatic hydroxyl groups excluding tert-OH is 1. The fourth-order valence-electron chi connectivity index (χ4n) is 0.604. The Hall–Kier alpha value is -0.630. The third-order valence-electron chi connectivity index (χ3n) is 1.54. The Morgan fingerprint density at radius 1 is 1.60 bits per heavy atom. The molecule has 0 aliphatic carbocycles. The molecule has 0 aliphatic rings. The van der Waals surface area contributed by atoms with Crippen molar-refractivity contribution < 1.29 is 9.90 Å². The van der Waals surface area contributed by atoms with Gasteiger partial charge < -0.3 is 5.11 Å². The highest BCUT2D eigenvalue weighted by Gasteiger charge is 2.14. The molecule has 0 fully saturated rings.